The number of benzene rings is 2. The van der Waals surface area contributed by atoms with Crippen molar-refractivity contribution in [2.45, 2.75) is 24.4 Å². The molecule has 0 atom stereocenters. The average molecular weight is 423 g/mol. The number of thioether (sulfide) groups is 1. The molecule has 2 aromatic heterocycles. The second kappa shape index (κ2) is 8.62. The molecule has 4 aromatic rings. The van der Waals surface area contributed by atoms with Crippen molar-refractivity contribution in [1.82, 2.24) is 19.7 Å². The lowest BCUT2D eigenvalue weighted by Gasteiger charge is -2.08. The van der Waals surface area contributed by atoms with Gasteiger partial charge in [0.05, 0.1) is 7.11 Å². The summed E-state index contributed by atoms with van der Waals surface area (Å²) in [6.45, 7) is 2.29. The van der Waals surface area contributed by atoms with Gasteiger partial charge in [-0.25, -0.2) is 0 Å². The van der Waals surface area contributed by atoms with E-state index in [1.54, 1.807) is 13.2 Å². The Bertz CT molecular complexity index is 1230. The molecule has 0 fully saturated rings. The number of pyridine rings is 1. The molecule has 4 rings (SSSR count). The standard InChI is InChI=1S/C22H22N4O3S/c1-14-4-9-19-18(10-14)20(27)11-15(23-19)13-30-22-25-24-21(26(22)2)12-29-17-7-5-16(28-3)6-8-17/h4-11H,12-13H2,1-3H3,(H,23,27). The van der Waals surface area contributed by atoms with Crippen LogP contribution in [0.4, 0.5) is 0 Å². The van der Waals surface area contributed by atoms with Crippen molar-refractivity contribution < 1.29 is 9.47 Å². The van der Waals surface area contributed by atoms with Crippen LogP contribution in [0.25, 0.3) is 10.9 Å². The van der Waals surface area contributed by atoms with E-state index >= 15 is 0 Å². The van der Waals surface area contributed by atoms with Gasteiger partial charge in [0, 0.05) is 35.5 Å². The minimum Gasteiger partial charge on any atom is -0.497 e. The van der Waals surface area contributed by atoms with Crippen molar-refractivity contribution in [3.8, 4) is 11.5 Å². The predicted octanol–water partition coefficient (Wildman–Crippen LogP) is 3.84. The monoisotopic (exact) mass is 422 g/mol. The van der Waals surface area contributed by atoms with E-state index in [0.717, 1.165) is 39.3 Å². The molecule has 8 heteroatoms. The molecule has 30 heavy (non-hydrogen) atoms. The quantitative estimate of drug-likeness (QED) is 0.456. The number of aromatic nitrogens is 4. The minimum atomic E-state index is 0.0228. The van der Waals surface area contributed by atoms with Crippen molar-refractivity contribution in [3.05, 3.63) is 75.8 Å². The summed E-state index contributed by atoms with van der Waals surface area (Å²) < 4.78 is 12.8. The average Bonchev–Trinajstić information content (AvgIpc) is 3.11. The molecule has 0 amide bonds. The third kappa shape index (κ3) is 4.33. The maximum atomic E-state index is 12.4. The lowest BCUT2D eigenvalue weighted by Crippen LogP contribution is -2.06. The molecule has 0 aliphatic rings. The molecule has 2 aromatic carbocycles. The molecule has 0 radical (unpaired) electrons. The molecular formula is C22H22N4O3S. The molecule has 2 heterocycles. The second-order valence-electron chi connectivity index (χ2n) is 6.92. The first-order valence-corrected chi connectivity index (χ1v) is 10.4. The molecule has 1 N–H and O–H groups in total. The van der Waals surface area contributed by atoms with Crippen LogP contribution in [-0.4, -0.2) is 26.9 Å². The number of aryl methyl sites for hydroxylation is 1. The van der Waals surface area contributed by atoms with Gasteiger partial charge in [-0.3, -0.25) is 4.79 Å². The SMILES string of the molecule is COc1ccc(OCc2nnc(SCc3cc(=O)c4cc(C)ccc4[nH]3)n2C)cc1. The summed E-state index contributed by atoms with van der Waals surface area (Å²) in [6, 6.07) is 14.9. The minimum absolute atomic E-state index is 0.0228. The van der Waals surface area contributed by atoms with Gasteiger partial charge >= 0.3 is 0 Å². The number of ether oxygens (including phenoxy) is 2. The summed E-state index contributed by atoms with van der Waals surface area (Å²) in [5, 5.41) is 9.94. The Morgan fingerprint density at radius 1 is 1.07 bits per heavy atom. The van der Waals surface area contributed by atoms with Crippen LogP contribution < -0.4 is 14.9 Å². The highest BCUT2D eigenvalue weighted by Crippen LogP contribution is 2.22. The zero-order valence-corrected chi connectivity index (χ0v) is 17.8. The van der Waals surface area contributed by atoms with Crippen LogP contribution >= 0.6 is 11.8 Å². The summed E-state index contributed by atoms with van der Waals surface area (Å²) in [7, 11) is 3.53. The van der Waals surface area contributed by atoms with E-state index in [1.807, 2.05) is 61.0 Å². The van der Waals surface area contributed by atoms with Gasteiger partial charge in [-0.15, -0.1) is 10.2 Å². The Morgan fingerprint density at radius 2 is 1.83 bits per heavy atom. The van der Waals surface area contributed by atoms with E-state index in [9.17, 15) is 4.79 Å². The molecule has 0 aliphatic heterocycles. The largest absolute Gasteiger partial charge is 0.497 e. The van der Waals surface area contributed by atoms with Gasteiger partial charge in [-0.1, -0.05) is 23.4 Å². The molecule has 154 valence electrons. The second-order valence-corrected chi connectivity index (χ2v) is 7.86. The first-order valence-electron chi connectivity index (χ1n) is 9.44. The van der Waals surface area contributed by atoms with Gasteiger partial charge in [0.15, 0.2) is 16.4 Å². The lowest BCUT2D eigenvalue weighted by molar-refractivity contribution is 0.290. The van der Waals surface area contributed by atoms with Gasteiger partial charge in [-0.2, -0.15) is 0 Å². The molecule has 0 saturated carbocycles. The molecule has 0 aliphatic carbocycles. The van der Waals surface area contributed by atoms with E-state index in [2.05, 4.69) is 15.2 Å². The smallest absolute Gasteiger partial charge is 0.191 e. The van der Waals surface area contributed by atoms with Gasteiger partial charge in [0.1, 0.15) is 18.1 Å². The van der Waals surface area contributed by atoms with Gasteiger partial charge in [0.25, 0.3) is 0 Å². The maximum Gasteiger partial charge on any atom is 0.191 e. The Labute approximate surface area is 178 Å². The van der Waals surface area contributed by atoms with Gasteiger partial charge in [-0.05, 0) is 43.3 Å². The topological polar surface area (TPSA) is 82.0 Å². The lowest BCUT2D eigenvalue weighted by atomic mass is 10.1. The van der Waals surface area contributed by atoms with Gasteiger partial charge < -0.3 is 19.0 Å². The molecule has 0 saturated heterocycles. The van der Waals surface area contributed by atoms with Crippen LogP contribution in [0.2, 0.25) is 0 Å². The van der Waals surface area contributed by atoms with Crippen molar-refractivity contribution in [3.63, 3.8) is 0 Å². The summed E-state index contributed by atoms with van der Waals surface area (Å²) in [5.41, 5.74) is 2.78. The fraction of sp³-hybridized carbons (Fsp3) is 0.227. The summed E-state index contributed by atoms with van der Waals surface area (Å²) in [4.78, 5) is 15.7. The van der Waals surface area contributed by atoms with Crippen molar-refractivity contribution in [2.75, 3.05) is 7.11 Å². The van der Waals surface area contributed by atoms with E-state index in [4.69, 9.17) is 9.47 Å². The summed E-state index contributed by atoms with van der Waals surface area (Å²) in [6.07, 6.45) is 0. The van der Waals surface area contributed by atoms with Crippen LogP contribution in [0.5, 0.6) is 11.5 Å². The normalized spacial score (nSPS) is 11.0. The van der Waals surface area contributed by atoms with Crippen molar-refractivity contribution in [2.24, 2.45) is 7.05 Å². The highest BCUT2D eigenvalue weighted by atomic mass is 32.2. The van der Waals surface area contributed by atoms with Crippen LogP contribution in [0.15, 0.2) is 58.5 Å². The van der Waals surface area contributed by atoms with Crippen LogP contribution in [0.1, 0.15) is 17.1 Å². The molecular weight excluding hydrogens is 400 g/mol. The Hall–Kier alpha value is -3.26. The first-order chi connectivity index (χ1) is 14.5. The maximum absolute atomic E-state index is 12.4. The Balaban J connectivity index is 1.42. The van der Waals surface area contributed by atoms with E-state index in [0.29, 0.717) is 17.7 Å². The highest BCUT2D eigenvalue weighted by Gasteiger charge is 2.11. The number of nitrogens with one attached hydrogen (secondary N) is 1. The molecule has 7 nitrogen and oxygen atoms in total. The molecule has 0 bridgehead atoms. The predicted molar refractivity (Wildman–Crippen MR) is 117 cm³/mol. The van der Waals surface area contributed by atoms with Crippen molar-refractivity contribution >= 4 is 22.7 Å². The fourth-order valence-corrected chi connectivity index (χ4v) is 3.89. The van der Waals surface area contributed by atoms with E-state index < -0.39 is 0 Å². The zero-order valence-electron chi connectivity index (χ0n) is 17.0. The number of hydrogen-bond donors (Lipinski definition) is 1. The number of hydrogen-bond acceptors (Lipinski definition) is 6. The van der Waals surface area contributed by atoms with Crippen LogP contribution in [0, 0.1) is 6.92 Å². The van der Waals surface area contributed by atoms with Crippen molar-refractivity contribution in [1.29, 1.82) is 0 Å². The highest BCUT2D eigenvalue weighted by molar-refractivity contribution is 7.98. The molecule has 0 spiro atoms. The third-order valence-electron chi connectivity index (χ3n) is 4.75. The number of nitrogens with zero attached hydrogens (tertiary/aromatic N) is 3. The van der Waals surface area contributed by atoms with Crippen LogP contribution in [-0.2, 0) is 19.4 Å². The molecule has 0 unspecified atom stereocenters. The van der Waals surface area contributed by atoms with Gasteiger partial charge in [0.2, 0.25) is 0 Å². The number of methoxy groups -OCH3 is 1. The Kier molecular flexibility index (Phi) is 5.76. The van der Waals surface area contributed by atoms with Crippen LogP contribution in [0.3, 0.4) is 0 Å². The summed E-state index contributed by atoms with van der Waals surface area (Å²) >= 11 is 1.52. The Morgan fingerprint density at radius 3 is 2.60 bits per heavy atom. The zero-order chi connectivity index (χ0) is 21.1. The first kappa shape index (κ1) is 20.0. The van der Waals surface area contributed by atoms with E-state index in [1.165, 1.54) is 11.8 Å². The fourth-order valence-electron chi connectivity index (χ4n) is 3.05. The van der Waals surface area contributed by atoms with E-state index in [-0.39, 0.29) is 5.43 Å². The summed E-state index contributed by atoms with van der Waals surface area (Å²) in [5.74, 6) is 2.82. The number of aromatic amines is 1. The number of H-pyrrole nitrogens is 1. The third-order valence-corrected chi connectivity index (χ3v) is 5.82. The number of rotatable bonds is 7. The number of fused-ring (bicyclic) bond motifs is 1.